The van der Waals surface area contributed by atoms with Crippen LogP contribution in [0.1, 0.15) is 38.5 Å². The van der Waals surface area contributed by atoms with Crippen LogP contribution in [0.15, 0.2) is 23.1 Å². The molecule has 2 fully saturated rings. The second kappa shape index (κ2) is 5.57. The zero-order valence-electron chi connectivity index (χ0n) is 12.0. The number of anilines is 1. The van der Waals surface area contributed by atoms with Gasteiger partial charge in [-0.25, -0.2) is 12.8 Å². The average Bonchev–Trinajstić information content (AvgIpc) is 3.09. The van der Waals surface area contributed by atoms with Crippen LogP contribution < -0.4 is 5.73 Å². The fourth-order valence-electron chi connectivity index (χ4n) is 3.73. The highest BCUT2D eigenvalue weighted by Crippen LogP contribution is 2.38. The molecule has 1 aromatic rings. The minimum absolute atomic E-state index is 0.0365. The first-order valence-corrected chi connectivity index (χ1v) is 9.01. The lowest BCUT2D eigenvalue weighted by Gasteiger charge is -2.28. The van der Waals surface area contributed by atoms with Crippen molar-refractivity contribution in [1.82, 2.24) is 4.31 Å². The maximum atomic E-state index is 14.0. The molecule has 0 radical (unpaired) electrons. The summed E-state index contributed by atoms with van der Waals surface area (Å²) < 4.78 is 41.1. The summed E-state index contributed by atoms with van der Waals surface area (Å²) >= 11 is 0. The molecule has 2 aliphatic rings. The molecule has 1 unspecified atom stereocenters. The molecule has 1 saturated heterocycles. The molecule has 1 saturated carbocycles. The molecular formula is C15H21FN2O2S. The Hall–Kier alpha value is -1.14. The molecular weight excluding hydrogens is 291 g/mol. The van der Waals surface area contributed by atoms with Crippen LogP contribution in [0.3, 0.4) is 0 Å². The molecule has 0 bridgehead atoms. The number of nitrogen functional groups attached to an aromatic ring is 1. The summed E-state index contributed by atoms with van der Waals surface area (Å²) in [6, 6.07) is 3.84. The number of hydrogen-bond donors (Lipinski definition) is 1. The average molecular weight is 312 g/mol. The zero-order valence-corrected chi connectivity index (χ0v) is 12.8. The molecule has 1 heterocycles. The van der Waals surface area contributed by atoms with Crippen molar-refractivity contribution in [2.45, 2.75) is 49.5 Å². The Morgan fingerprint density at radius 3 is 2.52 bits per heavy atom. The maximum Gasteiger partial charge on any atom is 0.246 e. The SMILES string of the molecule is Nc1ccc(S(=O)(=O)N2CCCC2C2CCCC2)c(F)c1. The van der Waals surface area contributed by atoms with Gasteiger partial charge in [0.25, 0.3) is 0 Å². The summed E-state index contributed by atoms with van der Waals surface area (Å²) in [5, 5.41) is 0. The van der Waals surface area contributed by atoms with E-state index in [1.165, 1.54) is 29.3 Å². The van der Waals surface area contributed by atoms with Gasteiger partial charge in [0, 0.05) is 18.3 Å². The van der Waals surface area contributed by atoms with Crippen LogP contribution in [0.25, 0.3) is 0 Å². The highest BCUT2D eigenvalue weighted by Gasteiger charge is 2.41. The van der Waals surface area contributed by atoms with Crippen molar-refractivity contribution < 1.29 is 12.8 Å². The van der Waals surface area contributed by atoms with E-state index < -0.39 is 15.8 Å². The van der Waals surface area contributed by atoms with Crippen LogP contribution in [-0.4, -0.2) is 25.3 Å². The number of hydrogen-bond acceptors (Lipinski definition) is 3. The van der Waals surface area contributed by atoms with Crippen LogP contribution in [0.5, 0.6) is 0 Å². The van der Waals surface area contributed by atoms with E-state index in [1.54, 1.807) is 0 Å². The fourth-order valence-corrected chi connectivity index (χ4v) is 5.53. The van der Waals surface area contributed by atoms with Crippen molar-refractivity contribution >= 4 is 15.7 Å². The summed E-state index contributed by atoms with van der Waals surface area (Å²) in [6.07, 6.45) is 6.26. The number of nitrogens with two attached hydrogens (primary N) is 1. The molecule has 6 heteroatoms. The first kappa shape index (κ1) is 14.8. The standard InChI is InChI=1S/C15H21FN2O2S/c16-13-10-12(17)7-8-15(13)21(19,20)18-9-3-6-14(18)11-4-1-2-5-11/h7-8,10-11,14H,1-6,9,17H2. The third kappa shape index (κ3) is 2.66. The number of halogens is 1. The van der Waals surface area contributed by atoms with Gasteiger partial charge in [-0.1, -0.05) is 12.8 Å². The lowest BCUT2D eigenvalue weighted by molar-refractivity contribution is 0.287. The van der Waals surface area contributed by atoms with Gasteiger partial charge >= 0.3 is 0 Å². The van der Waals surface area contributed by atoms with Crippen LogP contribution in [0.4, 0.5) is 10.1 Å². The Labute approximate surface area is 125 Å². The van der Waals surface area contributed by atoms with Gasteiger partial charge in [0.2, 0.25) is 10.0 Å². The minimum atomic E-state index is -3.77. The van der Waals surface area contributed by atoms with E-state index in [9.17, 15) is 12.8 Å². The van der Waals surface area contributed by atoms with Gasteiger partial charge in [-0.15, -0.1) is 0 Å². The third-order valence-corrected chi connectivity index (χ3v) is 6.69. The van der Waals surface area contributed by atoms with E-state index in [-0.39, 0.29) is 16.6 Å². The number of rotatable bonds is 3. The van der Waals surface area contributed by atoms with Gasteiger partial charge in [-0.3, -0.25) is 0 Å². The van der Waals surface area contributed by atoms with E-state index in [2.05, 4.69) is 0 Å². The van der Waals surface area contributed by atoms with Crippen LogP contribution in [0.2, 0.25) is 0 Å². The van der Waals surface area contributed by atoms with E-state index in [1.807, 2.05) is 0 Å². The Balaban J connectivity index is 1.93. The summed E-state index contributed by atoms with van der Waals surface area (Å²) in [5.74, 6) is -0.328. The maximum absolute atomic E-state index is 14.0. The van der Waals surface area contributed by atoms with E-state index in [4.69, 9.17) is 5.73 Å². The highest BCUT2D eigenvalue weighted by molar-refractivity contribution is 7.89. The van der Waals surface area contributed by atoms with Gasteiger partial charge in [0.05, 0.1) is 0 Å². The second-order valence-electron chi connectivity index (χ2n) is 6.06. The van der Waals surface area contributed by atoms with Crippen LogP contribution >= 0.6 is 0 Å². The smallest absolute Gasteiger partial charge is 0.246 e. The molecule has 2 N–H and O–H groups in total. The monoisotopic (exact) mass is 312 g/mol. The predicted molar refractivity (Wildman–Crippen MR) is 79.7 cm³/mol. The summed E-state index contributed by atoms with van der Waals surface area (Å²) in [4.78, 5) is -0.249. The number of nitrogens with zero attached hydrogens (tertiary/aromatic N) is 1. The topological polar surface area (TPSA) is 63.4 Å². The van der Waals surface area contributed by atoms with Crippen molar-refractivity contribution in [3.63, 3.8) is 0 Å². The van der Waals surface area contributed by atoms with Crippen molar-refractivity contribution in [2.75, 3.05) is 12.3 Å². The molecule has 0 aromatic heterocycles. The third-order valence-electron chi connectivity index (χ3n) is 4.73. The predicted octanol–water partition coefficient (Wildman–Crippen LogP) is 2.75. The molecule has 21 heavy (non-hydrogen) atoms. The lowest BCUT2D eigenvalue weighted by atomic mass is 9.97. The van der Waals surface area contributed by atoms with Crippen molar-refractivity contribution in [1.29, 1.82) is 0 Å². The van der Waals surface area contributed by atoms with E-state index in [0.717, 1.165) is 31.7 Å². The molecule has 3 rings (SSSR count). The van der Waals surface area contributed by atoms with Crippen molar-refractivity contribution in [3.8, 4) is 0 Å². The van der Waals surface area contributed by atoms with Crippen molar-refractivity contribution in [3.05, 3.63) is 24.0 Å². The molecule has 1 aliphatic heterocycles. The van der Waals surface area contributed by atoms with Gasteiger partial charge in [0.15, 0.2) is 0 Å². The molecule has 1 atom stereocenters. The Morgan fingerprint density at radius 1 is 1.14 bits per heavy atom. The minimum Gasteiger partial charge on any atom is -0.399 e. The van der Waals surface area contributed by atoms with Gasteiger partial charge < -0.3 is 5.73 Å². The normalized spacial score (nSPS) is 24.7. The second-order valence-corrected chi connectivity index (χ2v) is 7.92. The van der Waals surface area contributed by atoms with E-state index in [0.29, 0.717) is 12.5 Å². The molecule has 0 spiro atoms. The van der Waals surface area contributed by atoms with Crippen molar-refractivity contribution in [2.24, 2.45) is 5.92 Å². The number of benzene rings is 1. The first-order chi connectivity index (χ1) is 10.00. The van der Waals surface area contributed by atoms with Gasteiger partial charge in [-0.2, -0.15) is 4.31 Å². The lowest BCUT2D eigenvalue weighted by Crippen LogP contribution is -2.39. The fraction of sp³-hybridized carbons (Fsp3) is 0.600. The molecule has 1 aromatic carbocycles. The summed E-state index contributed by atoms with van der Waals surface area (Å²) in [5.41, 5.74) is 5.74. The van der Waals surface area contributed by atoms with Gasteiger partial charge in [-0.05, 0) is 49.8 Å². The Bertz CT molecular complexity index is 627. The summed E-state index contributed by atoms with van der Waals surface area (Å²) in [7, 11) is -3.77. The van der Waals surface area contributed by atoms with Crippen LogP contribution in [-0.2, 0) is 10.0 Å². The zero-order chi connectivity index (χ0) is 15.0. The Morgan fingerprint density at radius 2 is 1.86 bits per heavy atom. The molecule has 116 valence electrons. The van der Waals surface area contributed by atoms with Gasteiger partial charge in [0.1, 0.15) is 10.7 Å². The van der Waals surface area contributed by atoms with Crippen LogP contribution in [0, 0.1) is 11.7 Å². The summed E-state index contributed by atoms with van der Waals surface area (Å²) in [6.45, 7) is 0.493. The molecule has 1 aliphatic carbocycles. The first-order valence-electron chi connectivity index (χ1n) is 7.57. The quantitative estimate of drug-likeness (QED) is 0.873. The Kier molecular flexibility index (Phi) is 3.92. The highest BCUT2D eigenvalue weighted by atomic mass is 32.2. The van der Waals surface area contributed by atoms with E-state index >= 15 is 0 Å². The molecule has 4 nitrogen and oxygen atoms in total. The largest absolute Gasteiger partial charge is 0.399 e. The molecule has 0 amide bonds. The number of sulfonamides is 1.